The first-order chi connectivity index (χ1) is 12.3. The van der Waals surface area contributed by atoms with Crippen LogP contribution in [0.25, 0.3) is 0 Å². The molecule has 2 heterocycles. The van der Waals surface area contributed by atoms with Crippen molar-refractivity contribution in [3.8, 4) is 0 Å². The first-order valence-corrected chi connectivity index (χ1v) is 8.84. The topological polar surface area (TPSA) is 110 Å². The van der Waals surface area contributed by atoms with E-state index < -0.39 is 11.6 Å². The van der Waals surface area contributed by atoms with E-state index in [9.17, 15) is 9.90 Å². The zero-order valence-electron chi connectivity index (χ0n) is 15.7. The molecule has 26 heavy (non-hydrogen) atoms. The molecule has 0 atom stereocenters. The summed E-state index contributed by atoms with van der Waals surface area (Å²) >= 11 is 0. The third-order valence-corrected chi connectivity index (χ3v) is 3.91. The molecule has 0 unspecified atom stereocenters. The summed E-state index contributed by atoms with van der Waals surface area (Å²) in [6, 6.07) is 4.10. The number of carboxylic acid groups (broad SMARTS) is 1. The summed E-state index contributed by atoms with van der Waals surface area (Å²) in [5.74, 6) is -0.160. The van der Waals surface area contributed by atoms with Crippen molar-refractivity contribution in [3.63, 3.8) is 0 Å². The highest BCUT2D eigenvalue weighted by Crippen LogP contribution is 2.19. The van der Waals surface area contributed by atoms with Gasteiger partial charge in [-0.2, -0.15) is 0 Å². The molecule has 7 heteroatoms. The fraction of sp³-hybridized carbons (Fsp3) is 0.526. The van der Waals surface area contributed by atoms with Crippen molar-refractivity contribution in [1.29, 1.82) is 0 Å². The molecule has 0 fully saturated rings. The van der Waals surface area contributed by atoms with Crippen LogP contribution >= 0.6 is 0 Å². The number of nitrogens with zero attached hydrogens (tertiary/aromatic N) is 2. The van der Waals surface area contributed by atoms with Gasteiger partial charge in [-0.3, -0.25) is 4.99 Å². The minimum atomic E-state index is -1.11. The second-order valence-corrected chi connectivity index (χ2v) is 7.27. The number of aromatic nitrogens is 1. The number of hydrogen-bond acceptors (Lipinski definition) is 6. The Labute approximate surface area is 154 Å². The third-order valence-electron chi connectivity index (χ3n) is 3.91. The van der Waals surface area contributed by atoms with Crippen LogP contribution in [0.15, 0.2) is 28.4 Å². The van der Waals surface area contributed by atoms with Crippen molar-refractivity contribution in [2.24, 2.45) is 10.7 Å². The summed E-state index contributed by atoms with van der Waals surface area (Å²) in [7, 11) is 0. The number of aliphatic carboxylic acids is 1. The predicted octanol–water partition coefficient (Wildman–Crippen LogP) is 2.17. The Morgan fingerprint density at radius 3 is 2.92 bits per heavy atom. The average Bonchev–Trinajstić information content (AvgIpc) is 2.58. The minimum Gasteiger partial charge on any atom is -0.478 e. The van der Waals surface area contributed by atoms with Gasteiger partial charge in [0, 0.05) is 31.4 Å². The molecule has 0 saturated heterocycles. The van der Waals surface area contributed by atoms with Crippen LogP contribution in [0.4, 0.5) is 5.82 Å². The Balaban J connectivity index is 1.95. The summed E-state index contributed by atoms with van der Waals surface area (Å²) in [4.78, 5) is 20.2. The van der Waals surface area contributed by atoms with Gasteiger partial charge >= 0.3 is 5.97 Å². The van der Waals surface area contributed by atoms with Crippen molar-refractivity contribution in [2.45, 2.75) is 45.6 Å². The number of aliphatic imine (C=N–C) groups is 1. The Morgan fingerprint density at radius 1 is 1.46 bits per heavy atom. The van der Waals surface area contributed by atoms with E-state index in [-0.39, 0.29) is 17.9 Å². The Bertz CT molecular complexity index is 705. The molecule has 4 N–H and O–H groups in total. The average molecular weight is 360 g/mol. The lowest BCUT2D eigenvalue weighted by molar-refractivity contribution is -0.132. The maximum atomic E-state index is 11.4. The minimum absolute atomic E-state index is 0.0330. The lowest BCUT2D eigenvalue weighted by Gasteiger charge is -2.19. The highest BCUT2D eigenvalue weighted by Gasteiger charge is 2.15. The van der Waals surface area contributed by atoms with Crippen LogP contribution < -0.4 is 11.1 Å². The van der Waals surface area contributed by atoms with Gasteiger partial charge in [0.1, 0.15) is 5.82 Å². The fourth-order valence-corrected chi connectivity index (χ4v) is 2.49. The van der Waals surface area contributed by atoms with Crippen molar-refractivity contribution >= 4 is 18.0 Å². The van der Waals surface area contributed by atoms with E-state index >= 15 is 0 Å². The smallest absolute Gasteiger partial charge is 0.339 e. The zero-order valence-corrected chi connectivity index (χ0v) is 15.7. The van der Waals surface area contributed by atoms with Crippen molar-refractivity contribution < 1.29 is 14.6 Å². The lowest BCUT2D eigenvalue weighted by atomic mass is 10.1. The predicted molar refractivity (Wildman–Crippen MR) is 103 cm³/mol. The molecule has 1 aromatic rings. The van der Waals surface area contributed by atoms with Gasteiger partial charge in [-0.25, -0.2) is 9.78 Å². The van der Waals surface area contributed by atoms with Crippen molar-refractivity contribution in [1.82, 2.24) is 4.98 Å². The number of hydrogen-bond donors (Lipinski definition) is 3. The second kappa shape index (κ2) is 8.80. The van der Waals surface area contributed by atoms with Crippen LogP contribution in [0, 0.1) is 0 Å². The molecule has 0 bridgehead atoms. The van der Waals surface area contributed by atoms with E-state index in [1.54, 1.807) is 0 Å². The summed E-state index contributed by atoms with van der Waals surface area (Å²) in [6.07, 6.45) is 4.12. The summed E-state index contributed by atoms with van der Waals surface area (Å²) < 4.78 is 5.53. The lowest BCUT2D eigenvalue weighted by Crippen LogP contribution is -2.24. The van der Waals surface area contributed by atoms with Crippen molar-refractivity contribution in [3.05, 3.63) is 34.7 Å². The zero-order chi connectivity index (χ0) is 19.2. The normalized spacial score (nSPS) is 15.3. The van der Waals surface area contributed by atoms with Gasteiger partial charge in [0.05, 0.1) is 23.5 Å². The van der Waals surface area contributed by atoms with Gasteiger partial charge < -0.3 is 20.9 Å². The molecule has 1 aliphatic rings. The maximum absolute atomic E-state index is 11.4. The number of nitrogens with one attached hydrogen (secondary N) is 1. The number of fused-ring (bicyclic) bond motifs is 1. The Kier molecular flexibility index (Phi) is 6.74. The first-order valence-electron chi connectivity index (χ1n) is 8.84. The van der Waals surface area contributed by atoms with Gasteiger partial charge in [0.25, 0.3) is 0 Å². The number of pyridine rings is 1. The molecule has 0 radical (unpaired) electrons. The second-order valence-electron chi connectivity index (χ2n) is 7.27. The van der Waals surface area contributed by atoms with Crippen LogP contribution in [-0.4, -0.2) is 47.6 Å². The molecule has 0 aromatic carbocycles. The van der Waals surface area contributed by atoms with E-state index in [1.165, 1.54) is 11.8 Å². The van der Waals surface area contributed by atoms with Crippen LogP contribution in [0.5, 0.6) is 0 Å². The van der Waals surface area contributed by atoms with Gasteiger partial charge in [0.2, 0.25) is 0 Å². The number of ether oxygens (including phenoxy) is 1. The highest BCUT2D eigenvalue weighted by atomic mass is 16.5. The van der Waals surface area contributed by atoms with E-state index in [0.717, 1.165) is 30.9 Å². The molecular weight excluding hydrogens is 332 g/mol. The largest absolute Gasteiger partial charge is 0.478 e. The molecule has 1 aromatic heterocycles. The number of nitrogens with two attached hydrogens (primary N) is 1. The maximum Gasteiger partial charge on any atom is 0.339 e. The number of aryl methyl sites for hydroxylation is 1. The third kappa shape index (κ3) is 6.15. The number of carboxylic acids is 1. The molecule has 0 spiro atoms. The first kappa shape index (κ1) is 19.9. The Morgan fingerprint density at radius 2 is 2.23 bits per heavy atom. The number of anilines is 1. The fourth-order valence-electron chi connectivity index (χ4n) is 2.49. The number of carbonyl (C=O) groups is 1. The quantitative estimate of drug-likeness (QED) is 0.508. The van der Waals surface area contributed by atoms with Crippen molar-refractivity contribution in [2.75, 3.05) is 25.0 Å². The van der Waals surface area contributed by atoms with Crippen LogP contribution in [0.3, 0.4) is 0 Å². The summed E-state index contributed by atoms with van der Waals surface area (Å²) in [5, 5.41) is 12.6. The molecule has 0 saturated carbocycles. The van der Waals surface area contributed by atoms with E-state index in [2.05, 4.69) is 21.4 Å². The molecule has 2 rings (SSSR count). The van der Waals surface area contributed by atoms with Gasteiger partial charge in [-0.1, -0.05) is 6.07 Å². The summed E-state index contributed by atoms with van der Waals surface area (Å²) in [6.45, 7) is 7.09. The van der Waals surface area contributed by atoms with E-state index in [4.69, 9.17) is 10.5 Å². The molecule has 1 aliphatic heterocycles. The van der Waals surface area contributed by atoms with E-state index in [1.807, 2.05) is 26.8 Å². The van der Waals surface area contributed by atoms with Gasteiger partial charge in [-0.05, 0) is 45.2 Å². The van der Waals surface area contributed by atoms with E-state index in [0.29, 0.717) is 13.0 Å². The molecule has 142 valence electrons. The molecule has 0 aliphatic carbocycles. The highest BCUT2D eigenvalue weighted by molar-refractivity contribution is 6.09. The molecular formula is C19H28N4O3. The Hall–Kier alpha value is -2.41. The molecule has 7 nitrogen and oxygen atoms in total. The number of rotatable bonds is 7. The van der Waals surface area contributed by atoms with Gasteiger partial charge in [-0.15, -0.1) is 0 Å². The van der Waals surface area contributed by atoms with Crippen LogP contribution in [0.1, 0.15) is 38.4 Å². The monoisotopic (exact) mass is 360 g/mol. The van der Waals surface area contributed by atoms with Crippen LogP contribution in [-0.2, 0) is 22.4 Å². The summed E-state index contributed by atoms with van der Waals surface area (Å²) in [5.41, 5.74) is 7.77. The van der Waals surface area contributed by atoms with Crippen LogP contribution in [0.2, 0.25) is 0 Å². The standard InChI is InChI=1S/C19H28N4O3/c1-19(2,3)26-12-16(20)15(18(24)25)11-21-10-8-14-7-6-13-5-4-9-22-17(13)23-14/h6-7,11H,4-5,8-10,12,20H2,1-3H3,(H,22,23)(H,24,25). The van der Waals surface area contributed by atoms with Gasteiger partial charge in [0.15, 0.2) is 0 Å². The molecule has 0 amide bonds. The SMILES string of the molecule is CC(C)(C)OCC(N)=C(C=NCCc1ccc2c(n1)NCCC2)C(=O)O.